The number of piperidine rings is 1. The Hall–Kier alpha value is -1.60. The maximum Gasteiger partial charge on any atom is 0.253 e. The number of thiocarbonyl (C=S) groups is 1. The molecule has 1 heterocycles. The van der Waals surface area contributed by atoms with E-state index < -0.39 is 0 Å². The van der Waals surface area contributed by atoms with Crippen molar-refractivity contribution < 1.29 is 9.59 Å². The molecule has 1 aliphatic rings. The van der Waals surface area contributed by atoms with Crippen LogP contribution in [0.1, 0.15) is 44.0 Å². The molecule has 1 N–H and O–H groups in total. The molecule has 7 heteroatoms. The zero-order valence-corrected chi connectivity index (χ0v) is 18.0. The molecule has 0 aliphatic carbocycles. The summed E-state index contributed by atoms with van der Waals surface area (Å²) in [5.41, 5.74) is 1.32. The van der Waals surface area contributed by atoms with Gasteiger partial charge in [0.2, 0.25) is 5.91 Å². The zero-order valence-electron chi connectivity index (χ0n) is 16.4. The molecule has 5 nitrogen and oxygen atoms in total. The average Bonchev–Trinajstić information content (AvgIpc) is 2.68. The molecule has 0 aromatic heterocycles. The first-order valence-electron chi connectivity index (χ1n) is 9.55. The van der Waals surface area contributed by atoms with Gasteiger partial charge in [0.15, 0.2) is 0 Å². The number of benzene rings is 1. The van der Waals surface area contributed by atoms with Crippen molar-refractivity contribution in [1.82, 2.24) is 9.80 Å². The second-order valence-electron chi connectivity index (χ2n) is 6.83. The molecular formula is C20H29N3O2S2. The van der Waals surface area contributed by atoms with Crippen LogP contribution in [-0.2, 0) is 4.79 Å². The number of carbonyl (C=O) groups is 2. The topological polar surface area (TPSA) is 52.7 Å². The molecule has 0 bridgehead atoms. The summed E-state index contributed by atoms with van der Waals surface area (Å²) >= 11 is 6.87. The Bertz CT molecular complexity index is 652. The molecule has 1 fully saturated rings. The first-order valence-corrected chi connectivity index (χ1v) is 10.9. The standard InChI is InChI=1S/C20H29N3O2S2/c1-4-22(5-2)19(25)16-6-8-17(9-7-16)21-18(24)14-27-20(26)23-12-10-15(3)11-13-23/h6-9,15H,4-5,10-14H2,1-3H3,(H,21,24). The van der Waals surface area contributed by atoms with E-state index in [4.69, 9.17) is 12.2 Å². The lowest BCUT2D eigenvalue weighted by Crippen LogP contribution is -2.36. The van der Waals surface area contributed by atoms with Gasteiger partial charge < -0.3 is 15.1 Å². The van der Waals surface area contributed by atoms with Crippen molar-refractivity contribution in [2.24, 2.45) is 5.92 Å². The number of anilines is 1. The van der Waals surface area contributed by atoms with Crippen LogP contribution in [0.5, 0.6) is 0 Å². The SMILES string of the molecule is CCN(CC)C(=O)c1ccc(NC(=O)CSC(=S)N2CCC(C)CC2)cc1. The van der Waals surface area contributed by atoms with Gasteiger partial charge in [-0.1, -0.05) is 30.9 Å². The zero-order chi connectivity index (χ0) is 19.8. The summed E-state index contributed by atoms with van der Waals surface area (Å²) in [6.45, 7) is 9.52. The second-order valence-corrected chi connectivity index (χ2v) is 8.44. The molecule has 1 aromatic carbocycles. The summed E-state index contributed by atoms with van der Waals surface area (Å²) in [6, 6.07) is 7.04. The van der Waals surface area contributed by atoms with E-state index in [-0.39, 0.29) is 11.8 Å². The van der Waals surface area contributed by atoms with Crippen molar-refractivity contribution in [2.45, 2.75) is 33.6 Å². The number of nitrogens with zero attached hydrogens (tertiary/aromatic N) is 2. The quantitative estimate of drug-likeness (QED) is 0.726. The minimum absolute atomic E-state index is 0.00892. The molecule has 0 radical (unpaired) electrons. The van der Waals surface area contributed by atoms with Gasteiger partial charge in [-0.3, -0.25) is 9.59 Å². The summed E-state index contributed by atoms with van der Waals surface area (Å²) in [5.74, 6) is 0.976. The lowest BCUT2D eigenvalue weighted by molar-refractivity contribution is -0.113. The monoisotopic (exact) mass is 407 g/mol. The van der Waals surface area contributed by atoms with Gasteiger partial charge in [-0.25, -0.2) is 0 Å². The van der Waals surface area contributed by atoms with Crippen LogP contribution in [0.3, 0.4) is 0 Å². The molecule has 1 saturated heterocycles. The molecule has 0 saturated carbocycles. The third-order valence-corrected chi connectivity index (χ3v) is 6.36. The van der Waals surface area contributed by atoms with Crippen LogP contribution < -0.4 is 5.32 Å². The Kier molecular flexibility index (Phi) is 8.57. The number of rotatable bonds is 6. The maximum atomic E-state index is 12.3. The third kappa shape index (κ3) is 6.50. The summed E-state index contributed by atoms with van der Waals surface area (Å²) in [5, 5.41) is 2.87. The molecule has 0 atom stereocenters. The lowest BCUT2D eigenvalue weighted by Gasteiger charge is -2.31. The molecule has 2 amide bonds. The van der Waals surface area contributed by atoms with Crippen molar-refractivity contribution in [1.29, 1.82) is 0 Å². The van der Waals surface area contributed by atoms with Crippen LogP contribution in [0.25, 0.3) is 0 Å². The number of likely N-dealkylation sites (tertiary alicyclic amines) is 1. The van der Waals surface area contributed by atoms with E-state index in [1.54, 1.807) is 29.2 Å². The van der Waals surface area contributed by atoms with Crippen molar-refractivity contribution >= 4 is 45.8 Å². The minimum atomic E-state index is -0.0875. The third-order valence-electron chi connectivity index (χ3n) is 4.83. The number of thioether (sulfide) groups is 1. The molecular weight excluding hydrogens is 378 g/mol. The first kappa shape index (κ1) is 21.7. The van der Waals surface area contributed by atoms with Crippen molar-refractivity contribution in [3.8, 4) is 0 Å². The van der Waals surface area contributed by atoms with Crippen molar-refractivity contribution in [3.63, 3.8) is 0 Å². The fourth-order valence-corrected chi connectivity index (χ4v) is 4.05. The van der Waals surface area contributed by atoms with Gasteiger partial charge in [0.25, 0.3) is 5.91 Å². The molecule has 1 aliphatic heterocycles. The lowest BCUT2D eigenvalue weighted by atomic mass is 10.00. The highest BCUT2D eigenvalue weighted by Crippen LogP contribution is 2.20. The smallest absolute Gasteiger partial charge is 0.253 e. The number of hydrogen-bond donors (Lipinski definition) is 1. The van der Waals surface area contributed by atoms with E-state index in [9.17, 15) is 9.59 Å². The number of nitrogens with one attached hydrogen (secondary N) is 1. The van der Waals surface area contributed by atoms with Crippen LogP contribution in [0, 0.1) is 5.92 Å². The van der Waals surface area contributed by atoms with E-state index in [2.05, 4.69) is 17.1 Å². The predicted octanol–water partition coefficient (Wildman–Crippen LogP) is 3.86. The van der Waals surface area contributed by atoms with Crippen LogP contribution in [0.15, 0.2) is 24.3 Å². The normalized spacial score (nSPS) is 14.7. The summed E-state index contributed by atoms with van der Waals surface area (Å²) in [7, 11) is 0. The van der Waals surface area contributed by atoms with Crippen LogP contribution in [0.2, 0.25) is 0 Å². The molecule has 1 aromatic rings. The van der Waals surface area contributed by atoms with E-state index in [0.29, 0.717) is 30.1 Å². The molecule has 27 heavy (non-hydrogen) atoms. The Morgan fingerprint density at radius 2 is 1.78 bits per heavy atom. The van der Waals surface area contributed by atoms with Crippen molar-refractivity contribution in [2.75, 3.05) is 37.2 Å². The average molecular weight is 408 g/mol. The predicted molar refractivity (Wildman–Crippen MR) is 117 cm³/mol. The number of carbonyl (C=O) groups excluding carboxylic acids is 2. The largest absolute Gasteiger partial charge is 0.357 e. The van der Waals surface area contributed by atoms with Gasteiger partial charge >= 0.3 is 0 Å². The van der Waals surface area contributed by atoms with E-state index >= 15 is 0 Å². The van der Waals surface area contributed by atoms with Crippen molar-refractivity contribution in [3.05, 3.63) is 29.8 Å². The van der Waals surface area contributed by atoms with Crippen LogP contribution >= 0.6 is 24.0 Å². The Morgan fingerprint density at radius 3 is 2.33 bits per heavy atom. The molecule has 148 valence electrons. The Morgan fingerprint density at radius 1 is 1.19 bits per heavy atom. The Balaban J connectivity index is 1.80. The summed E-state index contributed by atoms with van der Waals surface area (Å²) < 4.78 is 0.803. The summed E-state index contributed by atoms with van der Waals surface area (Å²) in [6.07, 6.45) is 2.32. The van der Waals surface area contributed by atoms with Gasteiger partial charge in [0.05, 0.1) is 5.75 Å². The van der Waals surface area contributed by atoms with Gasteiger partial charge in [-0.2, -0.15) is 0 Å². The summed E-state index contributed by atoms with van der Waals surface area (Å²) in [4.78, 5) is 28.5. The highest BCUT2D eigenvalue weighted by molar-refractivity contribution is 8.23. The van der Waals surface area contributed by atoms with E-state index in [1.807, 2.05) is 13.8 Å². The van der Waals surface area contributed by atoms with E-state index in [1.165, 1.54) is 11.8 Å². The van der Waals surface area contributed by atoms with E-state index in [0.717, 1.165) is 36.2 Å². The number of amides is 2. The van der Waals surface area contributed by atoms with Gasteiger partial charge in [0, 0.05) is 37.4 Å². The molecule has 2 rings (SSSR count). The first-order chi connectivity index (χ1) is 12.9. The fourth-order valence-electron chi connectivity index (χ4n) is 3.00. The highest BCUT2D eigenvalue weighted by Gasteiger charge is 2.19. The highest BCUT2D eigenvalue weighted by atomic mass is 32.2. The molecule has 0 unspecified atom stereocenters. The molecule has 0 spiro atoms. The van der Waals surface area contributed by atoms with Gasteiger partial charge in [-0.15, -0.1) is 0 Å². The maximum absolute atomic E-state index is 12.3. The van der Waals surface area contributed by atoms with Crippen LogP contribution in [-0.4, -0.2) is 57.9 Å². The Labute approximate surface area is 171 Å². The fraction of sp³-hybridized carbons (Fsp3) is 0.550. The second kappa shape index (κ2) is 10.7. The van der Waals surface area contributed by atoms with Gasteiger partial charge in [0.1, 0.15) is 4.32 Å². The number of hydrogen-bond acceptors (Lipinski definition) is 4. The minimum Gasteiger partial charge on any atom is -0.357 e. The van der Waals surface area contributed by atoms with Crippen LogP contribution in [0.4, 0.5) is 5.69 Å². The van der Waals surface area contributed by atoms with Gasteiger partial charge in [-0.05, 0) is 56.9 Å².